The van der Waals surface area contributed by atoms with E-state index >= 15 is 0 Å². The lowest BCUT2D eigenvalue weighted by molar-refractivity contribution is -0.115. The maximum absolute atomic E-state index is 11.8. The highest BCUT2D eigenvalue weighted by atomic mass is 16.1. The third-order valence-electron chi connectivity index (χ3n) is 6.85. The average Bonchev–Trinajstić information content (AvgIpc) is 3.54. The molecule has 36 heavy (non-hydrogen) atoms. The topological polar surface area (TPSA) is 141 Å². The first-order valence-electron chi connectivity index (χ1n) is 11.7. The summed E-state index contributed by atoms with van der Waals surface area (Å²) in [5.74, 6) is 2.72. The smallest absolute Gasteiger partial charge is 0.230 e. The summed E-state index contributed by atoms with van der Waals surface area (Å²) in [4.78, 5) is 29.9. The van der Waals surface area contributed by atoms with Gasteiger partial charge in [0.25, 0.3) is 0 Å². The molecule has 1 amide bonds. The molecule has 0 atom stereocenters. The molecule has 178 valence electrons. The molecule has 11 heteroatoms. The van der Waals surface area contributed by atoms with Gasteiger partial charge in [0, 0.05) is 60.5 Å². The molecule has 2 aliphatic heterocycles. The Labute approximate surface area is 205 Å². The molecule has 0 unspecified atom stereocenters. The molecule has 0 fully saturated rings. The molecule has 7 heterocycles. The first-order chi connectivity index (χ1) is 17.5. The predicted molar refractivity (Wildman–Crippen MR) is 135 cm³/mol. The fourth-order valence-electron chi connectivity index (χ4n) is 4.98. The van der Waals surface area contributed by atoms with Crippen molar-refractivity contribution in [2.24, 2.45) is 0 Å². The largest absolute Gasteiger partial charge is 0.383 e. The van der Waals surface area contributed by atoms with Crippen molar-refractivity contribution in [3.63, 3.8) is 0 Å². The summed E-state index contributed by atoms with van der Waals surface area (Å²) in [6, 6.07) is 5.96. The summed E-state index contributed by atoms with van der Waals surface area (Å²) < 4.78 is 4.15. The Kier molecular flexibility index (Phi) is 4.34. The van der Waals surface area contributed by atoms with Gasteiger partial charge in [-0.3, -0.25) is 14.5 Å². The minimum atomic E-state index is -0.0488. The van der Waals surface area contributed by atoms with Crippen LogP contribution in [0.15, 0.2) is 43.0 Å². The Hall–Kier alpha value is -4.80. The number of nitrogen functional groups attached to an aromatic ring is 1. The second kappa shape index (κ2) is 7.60. The van der Waals surface area contributed by atoms with Crippen molar-refractivity contribution in [3.8, 4) is 11.3 Å². The van der Waals surface area contributed by atoms with Crippen LogP contribution in [0.3, 0.4) is 0 Å². The molecule has 0 spiro atoms. The zero-order valence-electron chi connectivity index (χ0n) is 19.5. The highest BCUT2D eigenvalue weighted by molar-refractivity contribution is 6.01. The molecule has 5 aromatic rings. The van der Waals surface area contributed by atoms with Crippen LogP contribution in [0.25, 0.3) is 22.0 Å². The highest BCUT2D eigenvalue weighted by Crippen LogP contribution is 2.34. The zero-order valence-corrected chi connectivity index (χ0v) is 19.5. The molecule has 5 aromatic heterocycles. The first kappa shape index (κ1) is 20.6. The van der Waals surface area contributed by atoms with Crippen LogP contribution in [-0.4, -0.2) is 40.2 Å². The van der Waals surface area contributed by atoms with E-state index in [1.165, 1.54) is 0 Å². The number of anilines is 4. The van der Waals surface area contributed by atoms with E-state index in [4.69, 9.17) is 10.8 Å². The Morgan fingerprint density at radius 3 is 2.94 bits per heavy atom. The number of fused-ring (bicyclic) bond motifs is 4. The van der Waals surface area contributed by atoms with Gasteiger partial charge >= 0.3 is 0 Å². The maximum Gasteiger partial charge on any atom is 0.230 e. The van der Waals surface area contributed by atoms with Crippen molar-refractivity contribution in [1.29, 1.82) is 0 Å². The summed E-state index contributed by atoms with van der Waals surface area (Å²) in [6.07, 6.45) is 8.48. The van der Waals surface area contributed by atoms with E-state index in [-0.39, 0.29) is 5.91 Å². The molecule has 0 aromatic carbocycles. The number of nitrogens with one attached hydrogen (secondary N) is 2. The molecule has 0 bridgehead atoms. The summed E-state index contributed by atoms with van der Waals surface area (Å²) >= 11 is 0. The normalized spacial score (nSPS) is 14.2. The molecule has 0 aliphatic carbocycles. The predicted octanol–water partition coefficient (Wildman–Crippen LogP) is 2.82. The molecule has 11 nitrogen and oxygen atoms in total. The monoisotopic (exact) mass is 478 g/mol. The maximum atomic E-state index is 11.8. The summed E-state index contributed by atoms with van der Waals surface area (Å²) in [5, 5.41) is 12.6. The lowest BCUT2D eigenvalue weighted by Gasteiger charge is -2.12. The van der Waals surface area contributed by atoms with E-state index in [1.807, 2.05) is 36.1 Å². The number of hydrogen-bond acceptors (Lipinski definition) is 8. The van der Waals surface area contributed by atoms with Crippen LogP contribution in [0.5, 0.6) is 0 Å². The van der Waals surface area contributed by atoms with Crippen LogP contribution in [0.1, 0.15) is 22.8 Å². The standard InChI is InChI=1S/C25H22N10O/c1-13-16(10-28-19-9-23(36)32-24(13)19)18-6-14-7-20(29-11-17(14)25(26)30-18)31-21-8-15-2-4-34-5-3-27-22(34)12-35(15)33-21/h3,5-8,10-11H,2,4,9,12H2,1H3,(H2,26,30)(H,32,36)(H,29,31,33). The Morgan fingerprint density at radius 1 is 1.11 bits per heavy atom. The Balaban J connectivity index is 1.22. The van der Waals surface area contributed by atoms with Gasteiger partial charge in [-0.25, -0.2) is 15.0 Å². The molecular weight excluding hydrogens is 456 g/mol. The van der Waals surface area contributed by atoms with E-state index in [1.54, 1.807) is 12.4 Å². The summed E-state index contributed by atoms with van der Waals surface area (Å²) in [6.45, 7) is 3.47. The Bertz CT molecular complexity index is 1700. The van der Waals surface area contributed by atoms with Gasteiger partial charge in [0.15, 0.2) is 5.82 Å². The summed E-state index contributed by atoms with van der Waals surface area (Å²) in [7, 11) is 0. The number of carbonyl (C=O) groups is 1. The van der Waals surface area contributed by atoms with E-state index in [0.717, 1.165) is 63.6 Å². The van der Waals surface area contributed by atoms with Crippen LogP contribution in [0.4, 0.5) is 23.1 Å². The quantitative estimate of drug-likeness (QED) is 0.359. The molecule has 7 rings (SSSR count). The zero-order chi connectivity index (χ0) is 24.4. The number of hydrogen-bond donors (Lipinski definition) is 3. The van der Waals surface area contributed by atoms with Gasteiger partial charge < -0.3 is 20.9 Å². The number of nitrogens with zero attached hydrogens (tertiary/aromatic N) is 7. The van der Waals surface area contributed by atoms with Gasteiger partial charge in [-0.1, -0.05) is 0 Å². The van der Waals surface area contributed by atoms with Crippen molar-refractivity contribution in [2.75, 3.05) is 16.4 Å². The number of aryl methyl sites for hydroxylation is 2. The number of carbonyl (C=O) groups excluding carboxylic acids is 1. The van der Waals surface area contributed by atoms with Gasteiger partial charge in [0.2, 0.25) is 5.91 Å². The minimum absolute atomic E-state index is 0.0488. The molecule has 2 aliphatic rings. The second-order valence-electron chi connectivity index (χ2n) is 9.12. The highest BCUT2D eigenvalue weighted by Gasteiger charge is 2.23. The first-order valence-corrected chi connectivity index (χ1v) is 11.7. The molecule has 0 saturated heterocycles. The van der Waals surface area contributed by atoms with Crippen molar-refractivity contribution >= 4 is 39.8 Å². The van der Waals surface area contributed by atoms with Crippen LogP contribution in [0.2, 0.25) is 0 Å². The number of aromatic nitrogens is 7. The number of imidazole rings is 1. The molecule has 0 radical (unpaired) electrons. The van der Waals surface area contributed by atoms with Gasteiger partial charge in [-0.2, -0.15) is 5.10 Å². The minimum Gasteiger partial charge on any atom is -0.383 e. The van der Waals surface area contributed by atoms with Gasteiger partial charge in [-0.05, 0) is 30.0 Å². The molecule has 4 N–H and O–H groups in total. The van der Waals surface area contributed by atoms with Crippen LogP contribution in [-0.2, 0) is 30.7 Å². The third kappa shape index (κ3) is 3.28. The van der Waals surface area contributed by atoms with Gasteiger partial charge in [0.05, 0.1) is 30.0 Å². The Morgan fingerprint density at radius 2 is 2.03 bits per heavy atom. The third-order valence-corrected chi connectivity index (χ3v) is 6.85. The molecule has 0 saturated carbocycles. The fourth-order valence-corrected chi connectivity index (χ4v) is 4.98. The number of amides is 1. The van der Waals surface area contributed by atoms with Gasteiger partial charge in [0.1, 0.15) is 17.5 Å². The average molecular weight is 479 g/mol. The van der Waals surface area contributed by atoms with Crippen LogP contribution < -0.4 is 16.4 Å². The van der Waals surface area contributed by atoms with E-state index in [2.05, 4.69) is 41.2 Å². The van der Waals surface area contributed by atoms with E-state index in [0.29, 0.717) is 30.3 Å². The van der Waals surface area contributed by atoms with Crippen LogP contribution in [0, 0.1) is 6.92 Å². The van der Waals surface area contributed by atoms with Crippen molar-refractivity contribution in [2.45, 2.75) is 32.9 Å². The van der Waals surface area contributed by atoms with Crippen molar-refractivity contribution < 1.29 is 4.79 Å². The lowest BCUT2D eigenvalue weighted by Crippen LogP contribution is -2.06. The number of nitrogens with two attached hydrogens (primary N) is 1. The second-order valence-corrected chi connectivity index (χ2v) is 9.12. The van der Waals surface area contributed by atoms with E-state index < -0.39 is 0 Å². The van der Waals surface area contributed by atoms with Gasteiger partial charge in [-0.15, -0.1) is 0 Å². The number of pyridine rings is 3. The lowest BCUT2D eigenvalue weighted by atomic mass is 10.0. The number of rotatable bonds is 3. The van der Waals surface area contributed by atoms with Crippen molar-refractivity contribution in [1.82, 2.24) is 34.3 Å². The van der Waals surface area contributed by atoms with Crippen LogP contribution >= 0.6 is 0 Å². The summed E-state index contributed by atoms with van der Waals surface area (Å²) in [5.41, 5.74) is 11.4. The van der Waals surface area contributed by atoms with Crippen molar-refractivity contribution in [3.05, 3.63) is 65.8 Å². The molecular formula is C25H22N10O. The SMILES string of the molecule is Cc1c(-c2cc3cc(Nc4cc5n(n4)Cc4nccn4CC5)ncc3c(N)n2)cnc2c1NC(=O)C2. The van der Waals surface area contributed by atoms with E-state index in [9.17, 15) is 4.79 Å². The fraction of sp³-hybridized carbons (Fsp3) is 0.200.